The number of amides is 1. The first kappa shape index (κ1) is 21.1. The van der Waals surface area contributed by atoms with E-state index < -0.39 is 6.04 Å². The van der Waals surface area contributed by atoms with Gasteiger partial charge in [-0.15, -0.1) is 24.8 Å². The van der Waals surface area contributed by atoms with Crippen LogP contribution >= 0.6 is 24.8 Å². The molecule has 0 saturated carbocycles. The van der Waals surface area contributed by atoms with E-state index in [1.807, 2.05) is 17.8 Å². The van der Waals surface area contributed by atoms with Gasteiger partial charge in [-0.25, -0.2) is 0 Å². The molecule has 1 amide bonds. The van der Waals surface area contributed by atoms with Gasteiger partial charge in [0, 0.05) is 26.4 Å². The summed E-state index contributed by atoms with van der Waals surface area (Å²) in [4.78, 5) is 13.9. The number of carbonyl (C=O) groups is 1. The van der Waals surface area contributed by atoms with Crippen LogP contribution in [0.25, 0.3) is 0 Å². The first-order valence-electron chi connectivity index (χ1n) is 6.74. The lowest BCUT2D eigenvalue weighted by Gasteiger charge is -2.34. The van der Waals surface area contributed by atoms with Crippen molar-refractivity contribution in [2.75, 3.05) is 33.4 Å². The van der Waals surface area contributed by atoms with Crippen LogP contribution in [0.5, 0.6) is 0 Å². The molecule has 0 radical (unpaired) electrons. The molecule has 0 spiro atoms. The molecule has 22 heavy (non-hydrogen) atoms. The predicted molar refractivity (Wildman–Crippen MR) is 87.6 cm³/mol. The molecule has 2 unspecified atom stereocenters. The molecular weight excluding hydrogens is 331 g/mol. The smallest absolute Gasteiger partial charge is 0.242 e. The molecule has 0 aromatic carbocycles. The van der Waals surface area contributed by atoms with Crippen LogP contribution in [0.2, 0.25) is 0 Å². The average Bonchev–Trinajstić information content (AvgIpc) is 2.84. The van der Waals surface area contributed by atoms with Crippen LogP contribution < -0.4 is 5.73 Å². The van der Waals surface area contributed by atoms with Crippen LogP contribution in [0.15, 0.2) is 12.4 Å². The standard InChI is InChI=1S/C13H22N4O3.2ClH/c1-10-5-15-17(6-10)8-11-7-16(3-4-20-11)13(18)12(14)9-19-2;;/h5-6,11-12H,3-4,7-9,14H2,1-2H3;2*1H. The van der Waals surface area contributed by atoms with Gasteiger partial charge in [-0.2, -0.15) is 5.10 Å². The molecular formula is C13H24Cl2N4O3. The zero-order chi connectivity index (χ0) is 14.5. The molecule has 2 heterocycles. The summed E-state index contributed by atoms with van der Waals surface area (Å²) < 4.78 is 12.4. The van der Waals surface area contributed by atoms with Crippen LogP contribution in [0.1, 0.15) is 5.56 Å². The van der Waals surface area contributed by atoms with Crippen LogP contribution in [0.3, 0.4) is 0 Å². The summed E-state index contributed by atoms with van der Waals surface area (Å²) in [5.74, 6) is -0.0863. The van der Waals surface area contributed by atoms with Gasteiger partial charge in [0.2, 0.25) is 5.91 Å². The van der Waals surface area contributed by atoms with Gasteiger partial charge < -0.3 is 20.1 Å². The van der Waals surface area contributed by atoms with Gasteiger partial charge in [-0.05, 0) is 12.5 Å². The highest BCUT2D eigenvalue weighted by atomic mass is 35.5. The predicted octanol–water partition coefficient (Wildman–Crippen LogP) is 0.236. The number of ether oxygens (including phenoxy) is 2. The first-order valence-corrected chi connectivity index (χ1v) is 6.74. The number of nitrogens with zero attached hydrogens (tertiary/aromatic N) is 3. The van der Waals surface area contributed by atoms with Crippen molar-refractivity contribution >= 4 is 30.7 Å². The normalized spacial score (nSPS) is 19.0. The van der Waals surface area contributed by atoms with Gasteiger partial charge in [0.05, 0.1) is 32.1 Å². The lowest BCUT2D eigenvalue weighted by atomic mass is 10.2. The molecule has 1 aromatic rings. The number of rotatable bonds is 5. The van der Waals surface area contributed by atoms with Crippen LogP contribution in [0, 0.1) is 6.92 Å². The van der Waals surface area contributed by atoms with Crippen molar-refractivity contribution in [1.82, 2.24) is 14.7 Å². The fourth-order valence-electron chi connectivity index (χ4n) is 2.29. The van der Waals surface area contributed by atoms with E-state index in [2.05, 4.69) is 5.10 Å². The van der Waals surface area contributed by atoms with Crippen molar-refractivity contribution in [3.63, 3.8) is 0 Å². The minimum absolute atomic E-state index is 0. The summed E-state index contributed by atoms with van der Waals surface area (Å²) in [5, 5.41) is 4.23. The summed E-state index contributed by atoms with van der Waals surface area (Å²) in [6, 6.07) is -0.606. The molecule has 0 aliphatic carbocycles. The summed E-state index contributed by atoms with van der Waals surface area (Å²) in [6.45, 7) is 4.50. The van der Waals surface area contributed by atoms with Crippen molar-refractivity contribution in [3.05, 3.63) is 18.0 Å². The Morgan fingerprint density at radius 3 is 2.91 bits per heavy atom. The Hall–Kier alpha value is -0.860. The summed E-state index contributed by atoms with van der Waals surface area (Å²) in [5.41, 5.74) is 6.89. The van der Waals surface area contributed by atoms with Crippen LogP contribution in [-0.2, 0) is 20.8 Å². The summed E-state index contributed by atoms with van der Waals surface area (Å²) in [7, 11) is 1.54. The Kier molecular flexibility index (Phi) is 9.63. The number of aryl methyl sites for hydroxylation is 1. The lowest BCUT2D eigenvalue weighted by Crippen LogP contribution is -2.53. The van der Waals surface area contributed by atoms with E-state index in [1.54, 1.807) is 11.1 Å². The Labute approximate surface area is 142 Å². The monoisotopic (exact) mass is 354 g/mol. The Morgan fingerprint density at radius 2 is 2.32 bits per heavy atom. The second-order valence-corrected chi connectivity index (χ2v) is 5.08. The summed E-state index contributed by atoms with van der Waals surface area (Å²) in [6.07, 6.45) is 3.71. The van der Waals surface area contributed by atoms with E-state index >= 15 is 0 Å². The fraction of sp³-hybridized carbons (Fsp3) is 0.692. The number of hydrogen-bond acceptors (Lipinski definition) is 5. The Morgan fingerprint density at radius 1 is 1.59 bits per heavy atom. The highest BCUT2D eigenvalue weighted by Crippen LogP contribution is 2.09. The number of nitrogens with two attached hydrogens (primary N) is 1. The molecule has 1 fully saturated rings. The zero-order valence-corrected chi connectivity index (χ0v) is 14.4. The van der Waals surface area contributed by atoms with Gasteiger partial charge >= 0.3 is 0 Å². The number of hydrogen-bond donors (Lipinski definition) is 1. The van der Waals surface area contributed by atoms with E-state index in [9.17, 15) is 4.79 Å². The number of morpholine rings is 1. The maximum absolute atomic E-state index is 12.1. The maximum Gasteiger partial charge on any atom is 0.242 e. The molecule has 1 aliphatic heterocycles. The number of halogens is 2. The van der Waals surface area contributed by atoms with Gasteiger partial charge in [0.1, 0.15) is 6.04 Å². The third kappa shape index (κ3) is 5.73. The van der Waals surface area contributed by atoms with Crippen molar-refractivity contribution < 1.29 is 14.3 Å². The first-order chi connectivity index (χ1) is 9.60. The fourth-order valence-corrected chi connectivity index (χ4v) is 2.29. The zero-order valence-electron chi connectivity index (χ0n) is 12.8. The van der Waals surface area contributed by atoms with E-state index in [4.69, 9.17) is 15.2 Å². The van der Waals surface area contributed by atoms with Gasteiger partial charge in [-0.1, -0.05) is 0 Å². The van der Waals surface area contributed by atoms with Crippen molar-refractivity contribution in [2.24, 2.45) is 5.73 Å². The number of methoxy groups -OCH3 is 1. The second kappa shape index (κ2) is 10.0. The van der Waals surface area contributed by atoms with Crippen molar-refractivity contribution in [1.29, 1.82) is 0 Å². The van der Waals surface area contributed by atoms with E-state index in [1.165, 1.54) is 7.11 Å². The van der Waals surface area contributed by atoms with Crippen LogP contribution in [-0.4, -0.2) is 66.1 Å². The van der Waals surface area contributed by atoms with Gasteiger partial charge in [-0.3, -0.25) is 9.48 Å². The van der Waals surface area contributed by atoms with E-state index in [-0.39, 0.29) is 43.4 Å². The molecule has 1 saturated heterocycles. The molecule has 7 nitrogen and oxygen atoms in total. The molecule has 2 rings (SSSR count). The number of carbonyl (C=O) groups excluding carboxylic acids is 1. The number of aromatic nitrogens is 2. The average molecular weight is 355 g/mol. The van der Waals surface area contributed by atoms with Crippen molar-refractivity contribution in [3.8, 4) is 0 Å². The van der Waals surface area contributed by atoms with Gasteiger partial charge in [0.15, 0.2) is 0 Å². The van der Waals surface area contributed by atoms with E-state index in [0.29, 0.717) is 26.2 Å². The Bertz CT molecular complexity index is 458. The van der Waals surface area contributed by atoms with Crippen LogP contribution in [0.4, 0.5) is 0 Å². The molecule has 9 heteroatoms. The molecule has 1 aliphatic rings. The molecule has 2 atom stereocenters. The SMILES string of the molecule is COCC(N)C(=O)N1CCOC(Cn2cc(C)cn2)C1.Cl.Cl. The molecule has 2 N–H and O–H groups in total. The third-order valence-corrected chi connectivity index (χ3v) is 3.27. The quantitative estimate of drug-likeness (QED) is 0.818. The lowest BCUT2D eigenvalue weighted by molar-refractivity contribution is -0.141. The molecule has 0 bridgehead atoms. The summed E-state index contributed by atoms with van der Waals surface area (Å²) >= 11 is 0. The largest absolute Gasteiger partial charge is 0.383 e. The third-order valence-electron chi connectivity index (χ3n) is 3.27. The minimum Gasteiger partial charge on any atom is -0.383 e. The second-order valence-electron chi connectivity index (χ2n) is 5.08. The molecule has 128 valence electrons. The highest BCUT2D eigenvalue weighted by molar-refractivity contribution is 5.85. The maximum atomic E-state index is 12.1. The Balaban J connectivity index is 0.00000220. The molecule has 1 aromatic heterocycles. The van der Waals surface area contributed by atoms with Gasteiger partial charge in [0.25, 0.3) is 0 Å². The minimum atomic E-state index is -0.606. The van der Waals surface area contributed by atoms with E-state index in [0.717, 1.165) is 5.56 Å². The van der Waals surface area contributed by atoms with Crippen molar-refractivity contribution in [2.45, 2.75) is 25.6 Å². The highest BCUT2D eigenvalue weighted by Gasteiger charge is 2.27. The topological polar surface area (TPSA) is 82.6 Å².